The topological polar surface area (TPSA) is 93.6 Å². The Labute approximate surface area is 147 Å². The summed E-state index contributed by atoms with van der Waals surface area (Å²) in [6.45, 7) is 0. The van der Waals surface area contributed by atoms with Crippen molar-refractivity contribution in [1.82, 2.24) is 8.75 Å². The maximum absolute atomic E-state index is 12.2. The molecule has 0 fully saturated rings. The highest BCUT2D eigenvalue weighted by Crippen LogP contribution is 2.45. The second kappa shape index (κ2) is 5.89. The number of phenols is 1. The van der Waals surface area contributed by atoms with Crippen molar-refractivity contribution in [3.8, 4) is 17.2 Å². The lowest BCUT2D eigenvalue weighted by atomic mass is 9.83. The molecule has 7 nitrogen and oxygen atoms in total. The number of nitrogens with zero attached hydrogens (tertiary/aromatic N) is 2. The number of hydrogen-bond donors (Lipinski definition) is 2. The van der Waals surface area contributed by atoms with Crippen molar-refractivity contribution in [2.75, 3.05) is 19.5 Å². The second-order valence-electron chi connectivity index (χ2n) is 5.74. The molecule has 3 aromatic rings. The Balaban J connectivity index is 1.95. The van der Waals surface area contributed by atoms with Crippen LogP contribution >= 0.6 is 11.7 Å². The predicted octanol–water partition coefficient (Wildman–Crippen LogP) is 2.89. The Morgan fingerprint density at radius 3 is 2.60 bits per heavy atom. The first kappa shape index (κ1) is 15.6. The van der Waals surface area contributed by atoms with E-state index in [1.807, 2.05) is 12.1 Å². The Bertz CT molecular complexity index is 960. The average Bonchev–Trinajstić information content (AvgIpc) is 3.09. The smallest absolute Gasteiger partial charge is 0.225 e. The average molecular weight is 357 g/mol. The van der Waals surface area contributed by atoms with E-state index < -0.39 is 0 Å². The first-order valence-corrected chi connectivity index (χ1v) is 8.35. The molecule has 0 saturated carbocycles. The number of anilines is 1. The number of aromatic nitrogens is 2. The molecule has 128 valence electrons. The van der Waals surface area contributed by atoms with Crippen LogP contribution in [0.25, 0.3) is 11.0 Å². The van der Waals surface area contributed by atoms with Crippen molar-refractivity contribution >= 4 is 34.4 Å². The van der Waals surface area contributed by atoms with Gasteiger partial charge in [0.15, 0.2) is 11.5 Å². The number of fused-ring (bicyclic) bond motifs is 3. The van der Waals surface area contributed by atoms with Gasteiger partial charge in [-0.25, -0.2) is 0 Å². The van der Waals surface area contributed by atoms with Gasteiger partial charge < -0.3 is 19.9 Å². The summed E-state index contributed by atoms with van der Waals surface area (Å²) in [6.07, 6.45) is 0.265. The number of nitrogens with one attached hydrogen (secondary N) is 1. The van der Waals surface area contributed by atoms with E-state index in [1.54, 1.807) is 12.1 Å². The van der Waals surface area contributed by atoms with Gasteiger partial charge in [0.25, 0.3) is 0 Å². The van der Waals surface area contributed by atoms with E-state index in [2.05, 4.69) is 14.1 Å². The molecular formula is C17H15N3O4S. The van der Waals surface area contributed by atoms with E-state index in [9.17, 15) is 9.90 Å². The van der Waals surface area contributed by atoms with Gasteiger partial charge in [-0.15, -0.1) is 0 Å². The van der Waals surface area contributed by atoms with Gasteiger partial charge in [0.2, 0.25) is 11.7 Å². The number of ether oxygens (including phenoxy) is 2. The van der Waals surface area contributed by atoms with Crippen LogP contribution in [0.4, 0.5) is 5.69 Å². The summed E-state index contributed by atoms with van der Waals surface area (Å²) >= 11 is 1.14. The highest BCUT2D eigenvalue weighted by Gasteiger charge is 2.31. The maximum atomic E-state index is 12.2. The Morgan fingerprint density at radius 1 is 1.20 bits per heavy atom. The minimum Gasteiger partial charge on any atom is -0.502 e. The van der Waals surface area contributed by atoms with Crippen molar-refractivity contribution in [1.29, 1.82) is 0 Å². The number of rotatable bonds is 3. The number of hydrogen-bond acceptors (Lipinski definition) is 7. The van der Waals surface area contributed by atoms with Gasteiger partial charge in [0, 0.05) is 23.6 Å². The fourth-order valence-corrected chi connectivity index (χ4v) is 3.77. The fraction of sp³-hybridized carbons (Fsp3) is 0.235. The first-order valence-electron chi connectivity index (χ1n) is 7.62. The van der Waals surface area contributed by atoms with Crippen LogP contribution in [0.15, 0.2) is 24.3 Å². The molecular weight excluding hydrogens is 342 g/mol. The molecule has 2 aromatic carbocycles. The molecule has 0 radical (unpaired) electrons. The van der Waals surface area contributed by atoms with E-state index in [4.69, 9.17) is 9.47 Å². The van der Waals surface area contributed by atoms with Crippen LogP contribution in [0.2, 0.25) is 0 Å². The lowest BCUT2D eigenvalue weighted by Crippen LogP contribution is -2.23. The van der Waals surface area contributed by atoms with Crippen molar-refractivity contribution < 1.29 is 19.4 Å². The zero-order valence-corrected chi connectivity index (χ0v) is 14.4. The zero-order valence-electron chi connectivity index (χ0n) is 13.6. The van der Waals surface area contributed by atoms with Gasteiger partial charge in [0.05, 0.1) is 25.9 Å². The molecule has 25 heavy (non-hydrogen) atoms. The lowest BCUT2D eigenvalue weighted by molar-refractivity contribution is -0.116. The Kier molecular flexibility index (Phi) is 3.69. The molecule has 2 heterocycles. The molecule has 0 aliphatic carbocycles. The molecule has 0 spiro atoms. The molecule has 1 aliphatic rings. The highest BCUT2D eigenvalue weighted by atomic mass is 32.1. The van der Waals surface area contributed by atoms with E-state index in [0.717, 1.165) is 39.6 Å². The van der Waals surface area contributed by atoms with Crippen LogP contribution in [0.5, 0.6) is 17.2 Å². The van der Waals surface area contributed by atoms with Crippen molar-refractivity contribution in [2.45, 2.75) is 12.3 Å². The van der Waals surface area contributed by atoms with Crippen LogP contribution in [0.3, 0.4) is 0 Å². The van der Waals surface area contributed by atoms with E-state index in [1.165, 1.54) is 14.2 Å². The van der Waals surface area contributed by atoms with Crippen molar-refractivity contribution in [3.63, 3.8) is 0 Å². The van der Waals surface area contributed by atoms with Crippen molar-refractivity contribution in [3.05, 3.63) is 35.4 Å². The van der Waals surface area contributed by atoms with Gasteiger partial charge in [-0.05, 0) is 29.8 Å². The van der Waals surface area contributed by atoms with Gasteiger partial charge in [-0.1, -0.05) is 0 Å². The molecule has 4 rings (SSSR count). The number of carbonyl (C=O) groups excluding carboxylic acids is 1. The van der Waals surface area contributed by atoms with Gasteiger partial charge in [-0.3, -0.25) is 4.79 Å². The third kappa shape index (κ3) is 2.45. The largest absolute Gasteiger partial charge is 0.502 e. The number of benzene rings is 2. The number of aromatic hydroxyl groups is 1. The monoisotopic (exact) mass is 357 g/mol. The summed E-state index contributed by atoms with van der Waals surface area (Å²) in [7, 11) is 2.95. The third-order valence-electron chi connectivity index (χ3n) is 4.38. The normalized spacial score (nSPS) is 16.4. The molecule has 1 aliphatic heterocycles. The Morgan fingerprint density at radius 2 is 1.92 bits per heavy atom. The minimum atomic E-state index is -0.236. The molecule has 2 N–H and O–H groups in total. The number of phenolic OH excluding ortho intramolecular Hbond substituents is 1. The van der Waals surface area contributed by atoms with E-state index in [-0.39, 0.29) is 24.0 Å². The lowest BCUT2D eigenvalue weighted by Gasteiger charge is -2.26. The standard InChI is InChI=1S/C17H15N3O4S/c1-23-12-5-8(6-13(24-2)17(12)22)9-7-14(21)18-10-3-4-11-16(15(9)10)20-25-19-11/h3-6,9,22H,7H2,1-2H3,(H,18,21)/t9-/m1/s1. The second-order valence-corrected chi connectivity index (χ2v) is 6.27. The summed E-state index contributed by atoms with van der Waals surface area (Å²) in [5, 5.41) is 13.0. The van der Waals surface area contributed by atoms with Crippen LogP contribution in [0, 0.1) is 0 Å². The fourth-order valence-electron chi connectivity index (χ4n) is 3.22. The van der Waals surface area contributed by atoms with E-state index >= 15 is 0 Å². The number of methoxy groups -OCH3 is 2. The first-order chi connectivity index (χ1) is 12.1. The predicted molar refractivity (Wildman–Crippen MR) is 93.7 cm³/mol. The molecule has 0 saturated heterocycles. The van der Waals surface area contributed by atoms with Crippen LogP contribution in [0.1, 0.15) is 23.5 Å². The SMILES string of the molecule is COc1cc([C@H]2CC(=O)Nc3ccc4nsnc4c32)cc(OC)c1O. The van der Waals surface area contributed by atoms with Crippen molar-refractivity contribution in [2.24, 2.45) is 0 Å². The minimum absolute atomic E-state index is 0.0669. The number of amides is 1. The summed E-state index contributed by atoms with van der Waals surface area (Å²) in [6, 6.07) is 7.14. The third-order valence-corrected chi connectivity index (χ3v) is 4.93. The van der Waals surface area contributed by atoms with Gasteiger partial charge in [-0.2, -0.15) is 8.75 Å². The summed E-state index contributed by atoms with van der Waals surface area (Å²) in [5.41, 5.74) is 4.03. The molecule has 1 amide bonds. The van der Waals surface area contributed by atoms with Crippen LogP contribution in [-0.4, -0.2) is 34.0 Å². The molecule has 1 atom stereocenters. The number of carbonyl (C=O) groups is 1. The molecule has 0 unspecified atom stereocenters. The Hall–Kier alpha value is -2.87. The highest BCUT2D eigenvalue weighted by molar-refractivity contribution is 7.00. The van der Waals surface area contributed by atoms with Crippen LogP contribution in [-0.2, 0) is 4.79 Å². The quantitative estimate of drug-likeness (QED) is 0.749. The molecule has 0 bridgehead atoms. The van der Waals surface area contributed by atoms with Gasteiger partial charge >= 0.3 is 0 Å². The zero-order chi connectivity index (χ0) is 17.6. The molecule has 8 heteroatoms. The van der Waals surface area contributed by atoms with E-state index in [0.29, 0.717) is 11.5 Å². The summed E-state index contributed by atoms with van der Waals surface area (Å²) < 4.78 is 19.2. The van der Waals surface area contributed by atoms with Gasteiger partial charge in [0.1, 0.15) is 11.0 Å². The molecule has 1 aromatic heterocycles. The summed E-state index contributed by atoms with van der Waals surface area (Å²) in [4.78, 5) is 12.2. The summed E-state index contributed by atoms with van der Waals surface area (Å²) in [5.74, 6) is 0.212. The maximum Gasteiger partial charge on any atom is 0.225 e. The van der Waals surface area contributed by atoms with Crippen LogP contribution < -0.4 is 14.8 Å².